The van der Waals surface area contributed by atoms with Crippen molar-refractivity contribution in [1.82, 2.24) is 15.1 Å². The number of piperidine rings is 1. The molecule has 256 valence electrons. The number of carbonyl (C=O) groups is 3. The Balaban J connectivity index is 1.30. The second-order valence-electron chi connectivity index (χ2n) is 13.3. The van der Waals surface area contributed by atoms with E-state index in [1.165, 1.54) is 12.0 Å². The fourth-order valence-corrected chi connectivity index (χ4v) is 6.53. The number of aliphatic hydroxyl groups is 1. The summed E-state index contributed by atoms with van der Waals surface area (Å²) in [7, 11) is 1.54. The third-order valence-electron chi connectivity index (χ3n) is 8.72. The van der Waals surface area contributed by atoms with Crippen molar-refractivity contribution in [3.8, 4) is 11.5 Å². The second kappa shape index (κ2) is 14.9. The van der Waals surface area contributed by atoms with Gasteiger partial charge < -0.3 is 39.0 Å². The summed E-state index contributed by atoms with van der Waals surface area (Å²) in [6.45, 7) is 8.69. The number of nitrogens with zero attached hydrogens (tertiary/aromatic N) is 2. The zero-order chi connectivity index (χ0) is 33.7. The van der Waals surface area contributed by atoms with Crippen LogP contribution in [0.4, 0.5) is 4.79 Å². The van der Waals surface area contributed by atoms with Gasteiger partial charge in [0.25, 0.3) is 11.8 Å². The van der Waals surface area contributed by atoms with Crippen LogP contribution in [-0.2, 0) is 27.2 Å². The predicted octanol–water partition coefficient (Wildman–Crippen LogP) is 3.91. The van der Waals surface area contributed by atoms with Crippen molar-refractivity contribution in [1.29, 1.82) is 0 Å². The number of hydrogen-bond donors (Lipinski definition) is 2. The van der Waals surface area contributed by atoms with Crippen LogP contribution >= 0.6 is 0 Å². The van der Waals surface area contributed by atoms with Gasteiger partial charge in [0.2, 0.25) is 0 Å². The summed E-state index contributed by atoms with van der Waals surface area (Å²) in [6.07, 6.45) is 1.56. The van der Waals surface area contributed by atoms with Crippen LogP contribution in [0.15, 0.2) is 36.4 Å². The summed E-state index contributed by atoms with van der Waals surface area (Å²) in [5, 5.41) is 14.2. The summed E-state index contributed by atoms with van der Waals surface area (Å²) in [5.74, 6) is 0.335. The van der Waals surface area contributed by atoms with Crippen molar-refractivity contribution < 1.29 is 43.2 Å². The Kier molecular flexibility index (Phi) is 10.9. The third-order valence-corrected chi connectivity index (χ3v) is 8.72. The van der Waals surface area contributed by atoms with Gasteiger partial charge in [0.1, 0.15) is 17.1 Å². The van der Waals surface area contributed by atoms with E-state index in [9.17, 15) is 19.5 Å². The molecule has 0 saturated carbocycles. The normalized spacial score (nSPS) is 21.4. The van der Waals surface area contributed by atoms with Crippen molar-refractivity contribution >= 4 is 17.9 Å². The minimum absolute atomic E-state index is 0.0491. The maximum Gasteiger partial charge on any atom is 0.410 e. The topological polar surface area (TPSA) is 136 Å². The number of carbonyl (C=O) groups excluding carboxylic acids is 3. The van der Waals surface area contributed by atoms with Crippen LogP contribution in [0, 0.1) is 0 Å². The van der Waals surface area contributed by atoms with Crippen LogP contribution in [0.1, 0.15) is 78.8 Å². The van der Waals surface area contributed by atoms with E-state index in [2.05, 4.69) is 5.32 Å². The Labute approximate surface area is 276 Å². The number of ether oxygens (including phenoxy) is 5. The highest BCUT2D eigenvalue weighted by atomic mass is 16.7. The van der Waals surface area contributed by atoms with E-state index in [-0.39, 0.29) is 49.2 Å². The maximum atomic E-state index is 13.6. The van der Waals surface area contributed by atoms with Crippen molar-refractivity contribution in [3.05, 3.63) is 58.7 Å². The van der Waals surface area contributed by atoms with Gasteiger partial charge in [-0.1, -0.05) is 6.07 Å². The molecule has 2 fully saturated rings. The quantitative estimate of drug-likeness (QED) is 0.366. The van der Waals surface area contributed by atoms with Gasteiger partial charge in [-0.25, -0.2) is 4.79 Å². The molecular formula is C35H47N3O9. The lowest BCUT2D eigenvalue weighted by Crippen LogP contribution is -2.57. The van der Waals surface area contributed by atoms with Gasteiger partial charge in [-0.2, -0.15) is 0 Å². The summed E-state index contributed by atoms with van der Waals surface area (Å²) >= 11 is 0. The molecule has 0 aliphatic carbocycles. The lowest BCUT2D eigenvalue weighted by molar-refractivity contribution is -0.0566. The van der Waals surface area contributed by atoms with E-state index in [0.717, 1.165) is 30.4 Å². The summed E-state index contributed by atoms with van der Waals surface area (Å²) < 4.78 is 27.8. The van der Waals surface area contributed by atoms with Crippen molar-refractivity contribution in [2.45, 2.75) is 89.8 Å². The molecule has 2 aromatic carbocycles. The predicted molar refractivity (Wildman–Crippen MR) is 173 cm³/mol. The number of fused-ring (bicyclic) bond motifs is 3. The average Bonchev–Trinajstić information content (AvgIpc) is 3.04. The van der Waals surface area contributed by atoms with Crippen LogP contribution < -0.4 is 14.8 Å². The molecule has 0 spiro atoms. The first-order valence-electron chi connectivity index (χ1n) is 16.4. The fraction of sp³-hybridized carbons (Fsp3) is 0.571. The molecule has 2 N–H and O–H groups in total. The zero-order valence-corrected chi connectivity index (χ0v) is 28.0. The lowest BCUT2D eigenvalue weighted by atomic mass is 9.91. The lowest BCUT2D eigenvalue weighted by Gasteiger charge is -2.45. The van der Waals surface area contributed by atoms with Crippen LogP contribution in [0.25, 0.3) is 0 Å². The molecule has 2 aromatic rings. The van der Waals surface area contributed by atoms with E-state index in [1.54, 1.807) is 39.0 Å². The van der Waals surface area contributed by atoms with Crippen LogP contribution in [0.2, 0.25) is 0 Å². The van der Waals surface area contributed by atoms with E-state index < -0.39 is 29.7 Å². The highest BCUT2D eigenvalue weighted by molar-refractivity contribution is 6.00. The van der Waals surface area contributed by atoms with E-state index in [4.69, 9.17) is 23.7 Å². The highest BCUT2D eigenvalue weighted by Crippen LogP contribution is 2.32. The molecule has 2 saturated heterocycles. The number of aliphatic hydroxyl groups excluding tert-OH is 1. The van der Waals surface area contributed by atoms with Crippen LogP contribution in [0.5, 0.6) is 11.5 Å². The molecule has 3 amide bonds. The van der Waals surface area contributed by atoms with Gasteiger partial charge >= 0.3 is 6.09 Å². The molecule has 0 aromatic heterocycles. The number of amides is 3. The Morgan fingerprint density at radius 3 is 2.47 bits per heavy atom. The number of rotatable bonds is 10. The fourth-order valence-electron chi connectivity index (χ4n) is 6.53. The van der Waals surface area contributed by atoms with Gasteiger partial charge in [0, 0.05) is 25.8 Å². The molecule has 0 radical (unpaired) electrons. The number of morpholine rings is 1. The molecule has 12 heteroatoms. The first-order valence-corrected chi connectivity index (χ1v) is 16.4. The van der Waals surface area contributed by atoms with Gasteiger partial charge in [0.15, 0.2) is 6.79 Å². The summed E-state index contributed by atoms with van der Waals surface area (Å²) in [6, 6.07) is 9.87. The molecule has 4 atom stereocenters. The first kappa shape index (κ1) is 34.5. The average molecular weight is 654 g/mol. The molecule has 3 aliphatic heterocycles. The molecule has 2 bridgehead atoms. The molecule has 12 nitrogen and oxygen atoms in total. The van der Waals surface area contributed by atoms with E-state index >= 15 is 0 Å². The second-order valence-corrected chi connectivity index (χ2v) is 13.3. The molecule has 5 rings (SSSR count). The highest BCUT2D eigenvalue weighted by Gasteiger charge is 2.39. The SMILES string of the molecule is CCOc1cc(C(=O)N2C3CCCC2COC3)ccc1C(=O)NC[C@@H](O)[C@@H]1Cc2ccc(OCOC)cc2CN1C(=O)OC(C)(C)C. The van der Waals surface area contributed by atoms with Crippen molar-refractivity contribution in [2.75, 3.05) is 40.3 Å². The van der Waals surface area contributed by atoms with Gasteiger partial charge in [-0.3, -0.25) is 14.5 Å². The largest absolute Gasteiger partial charge is 0.493 e. The Bertz CT molecular complexity index is 1420. The smallest absolute Gasteiger partial charge is 0.410 e. The number of methoxy groups -OCH3 is 1. The van der Waals surface area contributed by atoms with Gasteiger partial charge in [-0.05, 0) is 94.8 Å². The van der Waals surface area contributed by atoms with Crippen molar-refractivity contribution in [2.24, 2.45) is 0 Å². The van der Waals surface area contributed by atoms with Crippen LogP contribution in [0.3, 0.4) is 0 Å². The molecule has 3 heterocycles. The zero-order valence-electron chi connectivity index (χ0n) is 28.0. The maximum absolute atomic E-state index is 13.6. The van der Waals surface area contributed by atoms with Crippen LogP contribution in [-0.4, -0.2) is 103 Å². The minimum atomic E-state index is -1.11. The minimum Gasteiger partial charge on any atom is -0.493 e. The number of nitrogens with one attached hydrogen (secondary N) is 1. The monoisotopic (exact) mass is 653 g/mol. The standard InChI is InChI=1S/C35H47N3O9/c1-6-45-31-16-23(33(41)38-25-8-7-9-26(38)20-44-19-25)11-13-28(31)32(40)36-17-30(39)29-15-22-10-12-27(46-21-43-5)14-24(22)18-37(29)34(42)47-35(2,3)4/h10-14,16,25-26,29-30,39H,6-9,15,17-21H2,1-5H3,(H,36,40)/t25?,26?,29-,30+/m0/s1. The van der Waals surface area contributed by atoms with Gasteiger partial charge in [0.05, 0.1) is 49.6 Å². The van der Waals surface area contributed by atoms with Gasteiger partial charge in [-0.15, -0.1) is 0 Å². The Morgan fingerprint density at radius 1 is 1.04 bits per heavy atom. The third kappa shape index (κ3) is 8.17. The summed E-state index contributed by atoms with van der Waals surface area (Å²) in [5.41, 5.74) is 1.78. The Morgan fingerprint density at radius 2 is 1.79 bits per heavy atom. The number of hydrogen-bond acceptors (Lipinski definition) is 9. The number of benzene rings is 2. The first-order chi connectivity index (χ1) is 22.5. The Hall–Kier alpha value is -3.87. The molecular weight excluding hydrogens is 606 g/mol. The molecule has 47 heavy (non-hydrogen) atoms. The summed E-state index contributed by atoms with van der Waals surface area (Å²) in [4.78, 5) is 43.8. The molecule has 2 unspecified atom stereocenters. The van der Waals surface area contributed by atoms with E-state index in [0.29, 0.717) is 37.6 Å². The van der Waals surface area contributed by atoms with Crippen molar-refractivity contribution in [3.63, 3.8) is 0 Å². The molecule has 3 aliphatic rings. The van der Waals surface area contributed by atoms with E-state index in [1.807, 2.05) is 30.0 Å².